The summed E-state index contributed by atoms with van der Waals surface area (Å²) in [6.45, 7) is 1.90. The molecule has 4 nitrogen and oxygen atoms in total. The highest BCUT2D eigenvalue weighted by atomic mass is 35.5. The van der Waals surface area contributed by atoms with Crippen LogP contribution in [0, 0.1) is 6.92 Å². The molecule has 5 heteroatoms. The molecular weight excluding hydrogens is 312 g/mol. The summed E-state index contributed by atoms with van der Waals surface area (Å²) in [5.74, 6) is 0.751. The molecule has 0 radical (unpaired) electrons. The van der Waals surface area contributed by atoms with E-state index >= 15 is 0 Å². The van der Waals surface area contributed by atoms with Gasteiger partial charge in [-0.1, -0.05) is 29.8 Å². The van der Waals surface area contributed by atoms with Gasteiger partial charge in [0, 0.05) is 22.7 Å². The van der Waals surface area contributed by atoms with Gasteiger partial charge in [-0.05, 0) is 42.8 Å². The van der Waals surface area contributed by atoms with E-state index in [0.717, 1.165) is 22.7 Å². The van der Waals surface area contributed by atoms with Crippen LogP contribution >= 0.6 is 11.6 Å². The molecule has 0 fully saturated rings. The van der Waals surface area contributed by atoms with Gasteiger partial charge in [-0.25, -0.2) is 4.68 Å². The van der Waals surface area contributed by atoms with Gasteiger partial charge >= 0.3 is 0 Å². The fraction of sp³-hybridized carbons (Fsp3) is 0.167. The summed E-state index contributed by atoms with van der Waals surface area (Å²) in [4.78, 5) is 12.7. The molecule has 0 atom stereocenters. The van der Waals surface area contributed by atoms with Gasteiger partial charge in [-0.3, -0.25) is 9.89 Å². The Morgan fingerprint density at radius 3 is 2.48 bits per heavy atom. The SMILES string of the molecule is COc1ccc(-n2[nH]c(C)c(Cc3ccccc3Cl)c2=O)cc1. The quantitative estimate of drug-likeness (QED) is 0.793. The number of aryl methyl sites for hydroxylation is 1. The average molecular weight is 329 g/mol. The van der Waals surface area contributed by atoms with Crippen LogP contribution in [0.3, 0.4) is 0 Å². The van der Waals surface area contributed by atoms with E-state index in [1.54, 1.807) is 11.8 Å². The average Bonchev–Trinajstić information content (AvgIpc) is 2.85. The van der Waals surface area contributed by atoms with E-state index < -0.39 is 0 Å². The maximum atomic E-state index is 12.7. The zero-order valence-electron chi connectivity index (χ0n) is 13.0. The van der Waals surface area contributed by atoms with E-state index in [9.17, 15) is 4.79 Å². The first kappa shape index (κ1) is 15.4. The van der Waals surface area contributed by atoms with Gasteiger partial charge in [-0.2, -0.15) is 0 Å². The molecule has 0 saturated carbocycles. The first-order chi connectivity index (χ1) is 11.1. The molecule has 0 aliphatic heterocycles. The Bertz CT molecular complexity index is 879. The van der Waals surface area contributed by atoms with Crippen molar-refractivity contribution < 1.29 is 4.74 Å². The van der Waals surface area contributed by atoms with Crippen LogP contribution in [0.15, 0.2) is 53.3 Å². The summed E-state index contributed by atoms with van der Waals surface area (Å²) in [5.41, 5.74) is 3.20. The molecule has 0 unspecified atom stereocenters. The molecule has 3 aromatic rings. The summed E-state index contributed by atoms with van der Waals surface area (Å²) >= 11 is 6.20. The number of nitrogens with zero attached hydrogens (tertiary/aromatic N) is 1. The predicted octanol–water partition coefficient (Wildman–Crippen LogP) is 3.73. The standard InChI is InChI=1S/C18H17ClN2O2/c1-12-16(11-13-5-3-4-6-17(13)19)18(22)21(20-12)14-7-9-15(23-2)10-8-14/h3-10,20H,11H2,1-2H3. The molecule has 1 heterocycles. The first-order valence-electron chi connectivity index (χ1n) is 7.28. The van der Waals surface area contributed by atoms with Crippen molar-refractivity contribution in [3.63, 3.8) is 0 Å². The van der Waals surface area contributed by atoms with Crippen LogP contribution in [0.25, 0.3) is 5.69 Å². The smallest absolute Gasteiger partial charge is 0.274 e. The lowest BCUT2D eigenvalue weighted by atomic mass is 10.1. The van der Waals surface area contributed by atoms with Crippen LogP contribution in [0.1, 0.15) is 16.8 Å². The van der Waals surface area contributed by atoms with E-state index in [4.69, 9.17) is 16.3 Å². The maximum Gasteiger partial charge on any atom is 0.274 e. The third-order valence-corrected chi connectivity index (χ3v) is 4.22. The third-order valence-electron chi connectivity index (χ3n) is 3.85. The zero-order valence-corrected chi connectivity index (χ0v) is 13.7. The highest BCUT2D eigenvalue weighted by Crippen LogP contribution is 2.19. The topological polar surface area (TPSA) is 47.0 Å². The molecule has 1 N–H and O–H groups in total. The van der Waals surface area contributed by atoms with Crippen molar-refractivity contribution in [2.45, 2.75) is 13.3 Å². The Balaban J connectivity index is 1.99. The second-order valence-electron chi connectivity index (χ2n) is 5.32. The summed E-state index contributed by atoms with van der Waals surface area (Å²) in [5, 5.41) is 3.80. The number of hydrogen-bond donors (Lipinski definition) is 1. The Kier molecular flexibility index (Phi) is 4.26. The number of halogens is 1. The predicted molar refractivity (Wildman–Crippen MR) is 91.9 cm³/mol. The lowest BCUT2D eigenvalue weighted by Crippen LogP contribution is -2.17. The lowest BCUT2D eigenvalue weighted by Gasteiger charge is -2.03. The fourth-order valence-electron chi connectivity index (χ4n) is 2.53. The van der Waals surface area contributed by atoms with Crippen molar-refractivity contribution in [2.75, 3.05) is 7.11 Å². The molecule has 0 aliphatic rings. The van der Waals surface area contributed by atoms with Gasteiger partial charge in [0.1, 0.15) is 5.75 Å². The fourth-order valence-corrected chi connectivity index (χ4v) is 2.74. The van der Waals surface area contributed by atoms with Crippen molar-refractivity contribution in [1.82, 2.24) is 9.78 Å². The van der Waals surface area contributed by atoms with Gasteiger partial charge in [0.05, 0.1) is 12.8 Å². The van der Waals surface area contributed by atoms with Crippen molar-refractivity contribution >= 4 is 11.6 Å². The maximum absolute atomic E-state index is 12.7. The molecule has 0 saturated heterocycles. The van der Waals surface area contributed by atoms with E-state index in [1.807, 2.05) is 55.5 Å². The highest BCUT2D eigenvalue weighted by molar-refractivity contribution is 6.31. The third kappa shape index (κ3) is 3.03. The Hall–Kier alpha value is -2.46. The largest absolute Gasteiger partial charge is 0.497 e. The number of aromatic amines is 1. The Morgan fingerprint density at radius 2 is 1.83 bits per heavy atom. The van der Waals surface area contributed by atoms with Crippen LogP contribution in [0.2, 0.25) is 5.02 Å². The van der Waals surface area contributed by atoms with E-state index in [0.29, 0.717) is 17.0 Å². The van der Waals surface area contributed by atoms with Gasteiger partial charge in [0.25, 0.3) is 5.56 Å². The van der Waals surface area contributed by atoms with Crippen LogP contribution in [-0.4, -0.2) is 16.9 Å². The molecule has 23 heavy (non-hydrogen) atoms. The van der Waals surface area contributed by atoms with Crippen LogP contribution in [0.5, 0.6) is 5.75 Å². The van der Waals surface area contributed by atoms with Gasteiger partial charge in [0.15, 0.2) is 0 Å². The molecule has 0 amide bonds. The van der Waals surface area contributed by atoms with Crippen molar-refractivity contribution in [2.24, 2.45) is 0 Å². The summed E-state index contributed by atoms with van der Waals surface area (Å²) in [6.07, 6.45) is 0.504. The molecule has 0 spiro atoms. The molecule has 3 rings (SSSR count). The van der Waals surface area contributed by atoms with E-state index in [-0.39, 0.29) is 5.56 Å². The van der Waals surface area contributed by atoms with E-state index in [2.05, 4.69) is 5.10 Å². The molecule has 0 aliphatic carbocycles. The summed E-state index contributed by atoms with van der Waals surface area (Å²) < 4.78 is 6.69. The molecule has 1 aromatic heterocycles. The molecule has 2 aromatic carbocycles. The zero-order chi connectivity index (χ0) is 16.4. The number of hydrogen-bond acceptors (Lipinski definition) is 2. The number of rotatable bonds is 4. The number of H-pyrrole nitrogens is 1. The highest BCUT2D eigenvalue weighted by Gasteiger charge is 2.14. The summed E-state index contributed by atoms with van der Waals surface area (Å²) in [6, 6.07) is 14.9. The normalized spacial score (nSPS) is 10.7. The minimum Gasteiger partial charge on any atom is -0.497 e. The van der Waals surface area contributed by atoms with Crippen LogP contribution in [0.4, 0.5) is 0 Å². The Labute approximate surface area is 139 Å². The number of ether oxygens (including phenoxy) is 1. The minimum atomic E-state index is -0.0624. The van der Waals surface area contributed by atoms with Gasteiger partial charge < -0.3 is 4.74 Å². The van der Waals surface area contributed by atoms with Gasteiger partial charge in [0.2, 0.25) is 0 Å². The molecular formula is C18H17ClN2O2. The second-order valence-corrected chi connectivity index (χ2v) is 5.73. The number of aromatic nitrogens is 2. The first-order valence-corrected chi connectivity index (χ1v) is 7.66. The van der Waals surface area contributed by atoms with Crippen molar-refractivity contribution in [1.29, 1.82) is 0 Å². The van der Waals surface area contributed by atoms with Crippen molar-refractivity contribution in [3.05, 3.63) is 80.7 Å². The Morgan fingerprint density at radius 1 is 1.13 bits per heavy atom. The number of nitrogens with one attached hydrogen (secondary N) is 1. The van der Waals surface area contributed by atoms with Crippen LogP contribution in [-0.2, 0) is 6.42 Å². The minimum absolute atomic E-state index is 0.0624. The van der Waals surface area contributed by atoms with Crippen LogP contribution < -0.4 is 10.3 Å². The van der Waals surface area contributed by atoms with E-state index in [1.165, 1.54) is 0 Å². The monoisotopic (exact) mass is 328 g/mol. The van der Waals surface area contributed by atoms with Crippen molar-refractivity contribution in [3.8, 4) is 11.4 Å². The van der Waals surface area contributed by atoms with Gasteiger partial charge in [-0.15, -0.1) is 0 Å². The summed E-state index contributed by atoms with van der Waals surface area (Å²) in [7, 11) is 1.61. The lowest BCUT2D eigenvalue weighted by molar-refractivity contribution is 0.414. The molecule has 118 valence electrons. The second kappa shape index (κ2) is 6.34. The number of methoxy groups -OCH3 is 1. The molecule has 0 bridgehead atoms. The number of benzene rings is 2.